The van der Waals surface area contributed by atoms with E-state index in [1.165, 1.54) is 25.0 Å². The van der Waals surface area contributed by atoms with Crippen LogP contribution in [0.2, 0.25) is 0 Å². The van der Waals surface area contributed by atoms with Crippen LogP contribution in [0.5, 0.6) is 0 Å². The predicted octanol–water partition coefficient (Wildman–Crippen LogP) is 3.67. The fraction of sp³-hybridized carbons (Fsp3) is 0.632. The van der Waals surface area contributed by atoms with Crippen LogP contribution in [-0.2, 0) is 10.2 Å². The largest absolute Gasteiger partial charge is 0.355 e. The molecule has 1 fully saturated rings. The Labute approximate surface area is 151 Å². The van der Waals surface area contributed by atoms with Gasteiger partial charge in [-0.25, -0.2) is 4.39 Å². The Morgan fingerprint density at radius 1 is 1.38 bits per heavy atom. The Hall–Kier alpha value is -1.13. The third-order valence-corrected chi connectivity index (χ3v) is 5.00. The monoisotopic (exact) mass is 356 g/mol. The lowest BCUT2D eigenvalue weighted by atomic mass is 9.83. The first kappa shape index (κ1) is 20.9. The van der Waals surface area contributed by atoms with Crippen LogP contribution in [0.3, 0.4) is 0 Å². The molecule has 2 atom stereocenters. The molecular weight excluding hydrogens is 327 g/mol. The van der Waals surface area contributed by atoms with Gasteiger partial charge in [0.05, 0.1) is 0 Å². The maximum atomic E-state index is 13.0. The second-order valence-electron chi connectivity index (χ2n) is 7.46. The van der Waals surface area contributed by atoms with E-state index in [0.717, 1.165) is 18.7 Å². The summed E-state index contributed by atoms with van der Waals surface area (Å²) in [5.41, 5.74) is 0.822. The quantitative estimate of drug-likeness (QED) is 0.816. The average molecular weight is 357 g/mol. The van der Waals surface area contributed by atoms with E-state index < -0.39 is 0 Å². The summed E-state index contributed by atoms with van der Waals surface area (Å²) in [6.07, 6.45) is 2.99. The molecule has 1 aliphatic heterocycles. The van der Waals surface area contributed by atoms with E-state index in [1.807, 2.05) is 0 Å². The lowest BCUT2D eigenvalue weighted by Gasteiger charge is -2.29. The number of carbonyl (C=O) groups is 1. The van der Waals surface area contributed by atoms with Crippen molar-refractivity contribution < 1.29 is 9.18 Å². The molecule has 2 unspecified atom stereocenters. The van der Waals surface area contributed by atoms with Gasteiger partial charge in [-0.1, -0.05) is 32.9 Å². The Balaban J connectivity index is 0.00000288. The van der Waals surface area contributed by atoms with E-state index in [4.69, 9.17) is 0 Å². The third-order valence-electron chi connectivity index (χ3n) is 5.00. The van der Waals surface area contributed by atoms with E-state index in [0.29, 0.717) is 24.8 Å². The molecule has 0 radical (unpaired) electrons. The summed E-state index contributed by atoms with van der Waals surface area (Å²) in [5, 5.41) is 6.46. The predicted molar refractivity (Wildman–Crippen MR) is 99.1 cm³/mol. The van der Waals surface area contributed by atoms with Gasteiger partial charge in [-0.2, -0.15) is 0 Å². The summed E-state index contributed by atoms with van der Waals surface area (Å²) >= 11 is 0. The highest BCUT2D eigenvalue weighted by atomic mass is 35.5. The second-order valence-corrected chi connectivity index (χ2v) is 7.46. The molecule has 1 aromatic rings. The fourth-order valence-corrected chi connectivity index (χ4v) is 3.22. The molecule has 1 aliphatic rings. The Morgan fingerprint density at radius 3 is 2.62 bits per heavy atom. The van der Waals surface area contributed by atoms with Crippen LogP contribution < -0.4 is 10.6 Å². The summed E-state index contributed by atoms with van der Waals surface area (Å²) < 4.78 is 13.0. The number of nitrogens with one attached hydrogen (secondary N) is 2. The van der Waals surface area contributed by atoms with Gasteiger partial charge in [0.15, 0.2) is 0 Å². The van der Waals surface area contributed by atoms with E-state index in [1.54, 1.807) is 12.1 Å². The minimum atomic E-state index is -0.233. The van der Waals surface area contributed by atoms with Crippen LogP contribution in [0, 0.1) is 17.7 Å². The first-order valence-corrected chi connectivity index (χ1v) is 8.62. The van der Waals surface area contributed by atoms with E-state index in [-0.39, 0.29) is 29.5 Å². The molecule has 1 amide bonds. The molecule has 0 aliphatic carbocycles. The summed E-state index contributed by atoms with van der Waals surface area (Å²) in [7, 11) is 0. The van der Waals surface area contributed by atoms with Crippen molar-refractivity contribution in [2.24, 2.45) is 11.8 Å². The van der Waals surface area contributed by atoms with Crippen LogP contribution in [0.25, 0.3) is 0 Å². The summed E-state index contributed by atoms with van der Waals surface area (Å²) in [4.78, 5) is 12.2. The highest BCUT2D eigenvalue weighted by Crippen LogP contribution is 2.24. The maximum absolute atomic E-state index is 13.0. The Morgan fingerprint density at radius 2 is 2.04 bits per heavy atom. The number of benzene rings is 1. The number of amides is 1. The van der Waals surface area contributed by atoms with Crippen molar-refractivity contribution in [2.75, 3.05) is 19.6 Å². The van der Waals surface area contributed by atoms with Gasteiger partial charge in [0.1, 0.15) is 5.82 Å². The van der Waals surface area contributed by atoms with Gasteiger partial charge in [0, 0.05) is 18.4 Å². The molecule has 0 aromatic heterocycles. The van der Waals surface area contributed by atoms with Crippen molar-refractivity contribution >= 4 is 18.3 Å². The average Bonchev–Trinajstić information content (AvgIpc) is 2.54. The van der Waals surface area contributed by atoms with E-state index in [2.05, 4.69) is 31.4 Å². The van der Waals surface area contributed by atoms with Gasteiger partial charge >= 0.3 is 0 Å². The van der Waals surface area contributed by atoms with Crippen molar-refractivity contribution in [3.8, 4) is 0 Å². The molecule has 24 heavy (non-hydrogen) atoms. The van der Waals surface area contributed by atoms with Gasteiger partial charge in [-0.05, 0) is 55.5 Å². The molecule has 136 valence electrons. The van der Waals surface area contributed by atoms with Gasteiger partial charge in [-0.15, -0.1) is 12.4 Å². The van der Waals surface area contributed by atoms with Crippen LogP contribution in [-0.4, -0.2) is 25.5 Å². The Kier molecular flexibility index (Phi) is 8.17. The number of hydrogen-bond acceptors (Lipinski definition) is 2. The van der Waals surface area contributed by atoms with Crippen LogP contribution >= 0.6 is 12.4 Å². The molecule has 5 heteroatoms. The minimum absolute atomic E-state index is 0. The van der Waals surface area contributed by atoms with Crippen LogP contribution in [0.4, 0.5) is 4.39 Å². The normalized spacial score (nSPS) is 19.2. The van der Waals surface area contributed by atoms with Crippen LogP contribution in [0.15, 0.2) is 24.3 Å². The first-order valence-electron chi connectivity index (χ1n) is 8.62. The molecule has 1 aromatic carbocycles. The number of carbonyl (C=O) groups excluding carboxylic acids is 1. The van der Waals surface area contributed by atoms with Crippen LogP contribution in [0.1, 0.15) is 45.6 Å². The number of halogens is 2. The van der Waals surface area contributed by atoms with Crippen molar-refractivity contribution in [3.05, 3.63) is 35.6 Å². The van der Waals surface area contributed by atoms with E-state index >= 15 is 0 Å². The van der Waals surface area contributed by atoms with Gasteiger partial charge < -0.3 is 10.6 Å². The lowest BCUT2D eigenvalue weighted by molar-refractivity contribution is -0.122. The molecule has 0 saturated carbocycles. The van der Waals surface area contributed by atoms with Gasteiger partial charge in [0.25, 0.3) is 0 Å². The zero-order valence-corrected chi connectivity index (χ0v) is 15.7. The van der Waals surface area contributed by atoms with Crippen molar-refractivity contribution in [2.45, 2.75) is 45.4 Å². The van der Waals surface area contributed by atoms with Crippen molar-refractivity contribution in [3.63, 3.8) is 0 Å². The zero-order valence-electron chi connectivity index (χ0n) is 14.9. The number of rotatable bonds is 6. The molecule has 1 saturated heterocycles. The molecule has 3 nitrogen and oxygen atoms in total. The van der Waals surface area contributed by atoms with Gasteiger partial charge in [0.2, 0.25) is 5.91 Å². The zero-order chi connectivity index (χ0) is 16.9. The summed E-state index contributed by atoms with van der Waals surface area (Å²) in [5.74, 6) is 0.873. The molecule has 2 rings (SSSR count). The fourth-order valence-electron chi connectivity index (χ4n) is 3.22. The topological polar surface area (TPSA) is 41.1 Å². The smallest absolute Gasteiger partial charge is 0.220 e. The number of hydrogen-bond donors (Lipinski definition) is 2. The third kappa shape index (κ3) is 6.06. The lowest BCUT2D eigenvalue weighted by Crippen LogP contribution is -2.39. The Bertz CT molecular complexity index is 513. The molecular formula is C19H30ClFN2O. The van der Waals surface area contributed by atoms with Crippen molar-refractivity contribution in [1.29, 1.82) is 0 Å². The molecule has 1 heterocycles. The molecule has 2 N–H and O–H groups in total. The maximum Gasteiger partial charge on any atom is 0.220 e. The van der Waals surface area contributed by atoms with Crippen molar-refractivity contribution in [1.82, 2.24) is 10.6 Å². The summed E-state index contributed by atoms with van der Waals surface area (Å²) in [6, 6.07) is 6.52. The molecule has 0 spiro atoms. The van der Waals surface area contributed by atoms with Gasteiger partial charge in [-0.3, -0.25) is 4.79 Å². The molecule has 0 bridgehead atoms. The highest BCUT2D eigenvalue weighted by Gasteiger charge is 2.24. The second kappa shape index (κ2) is 9.38. The SMILES string of the molecule is CC(CC(=O)NCC(C)(C)c1ccc(F)cc1)C1CCCNC1.Cl. The van der Waals surface area contributed by atoms with E-state index in [9.17, 15) is 9.18 Å². The first-order chi connectivity index (χ1) is 10.9. The number of piperidine rings is 1. The summed E-state index contributed by atoms with van der Waals surface area (Å²) in [6.45, 7) is 8.98. The standard InChI is InChI=1S/C19H29FN2O.ClH/c1-14(15-5-4-10-21-12-15)11-18(23)22-13-19(2,3)16-6-8-17(20)9-7-16;/h6-9,14-15,21H,4-5,10-13H2,1-3H3,(H,22,23);1H. The minimum Gasteiger partial charge on any atom is -0.355 e. The highest BCUT2D eigenvalue weighted by molar-refractivity contribution is 5.85.